The molecule has 0 saturated carbocycles. The first kappa shape index (κ1) is 19.5. The monoisotopic (exact) mass is 429 g/mol. The Hall–Kier alpha value is -2.77. The lowest BCUT2D eigenvalue weighted by atomic mass is 10.1. The van der Waals surface area contributed by atoms with Crippen LogP contribution in [0.15, 0.2) is 51.8 Å². The minimum atomic E-state index is -0.640. The Kier molecular flexibility index (Phi) is 5.34. The fourth-order valence-corrected chi connectivity index (χ4v) is 4.37. The number of esters is 1. The first-order valence-corrected chi connectivity index (χ1v) is 10.1. The summed E-state index contributed by atoms with van der Waals surface area (Å²) in [5.41, 5.74) is 1.93. The van der Waals surface area contributed by atoms with Crippen molar-refractivity contribution in [2.45, 2.75) is 23.5 Å². The van der Waals surface area contributed by atoms with Crippen LogP contribution in [-0.4, -0.2) is 29.5 Å². The summed E-state index contributed by atoms with van der Waals surface area (Å²) in [4.78, 5) is 37.7. The number of Topliss-reactive ketones (excluding diaryl/α,β-unsaturated/α-hetero) is 1. The third-order valence-corrected chi connectivity index (χ3v) is 6.08. The van der Waals surface area contributed by atoms with Crippen molar-refractivity contribution in [2.24, 2.45) is 0 Å². The van der Waals surface area contributed by atoms with Gasteiger partial charge in [0.1, 0.15) is 5.58 Å². The number of rotatable bonds is 5. The molecule has 29 heavy (non-hydrogen) atoms. The number of ether oxygens (including phenoxy) is 1. The fourth-order valence-electron chi connectivity index (χ4n) is 3.12. The number of aryl methyl sites for hydroxylation is 1. The van der Waals surface area contributed by atoms with Crippen LogP contribution in [0, 0.1) is 6.92 Å². The molecule has 8 heteroatoms. The first-order valence-electron chi connectivity index (χ1n) is 8.86. The number of amides is 1. The Morgan fingerprint density at radius 1 is 1.24 bits per heavy atom. The zero-order valence-electron chi connectivity index (χ0n) is 15.4. The summed E-state index contributed by atoms with van der Waals surface area (Å²) in [5.74, 6) is -1.18. The molecule has 4 rings (SSSR count). The molecule has 1 N–H and O–H groups in total. The second-order valence-corrected chi connectivity index (χ2v) is 8.26. The van der Waals surface area contributed by atoms with Gasteiger partial charge in [-0.1, -0.05) is 29.8 Å². The molecule has 0 radical (unpaired) electrons. The third-order valence-electron chi connectivity index (χ3n) is 4.57. The molecule has 148 valence electrons. The number of fused-ring (bicyclic) bond motifs is 2. The van der Waals surface area contributed by atoms with Gasteiger partial charge in [0, 0.05) is 20.9 Å². The molecule has 0 fully saturated rings. The van der Waals surface area contributed by atoms with Gasteiger partial charge in [-0.15, -0.1) is 11.8 Å². The van der Waals surface area contributed by atoms with E-state index in [1.165, 1.54) is 11.8 Å². The van der Waals surface area contributed by atoms with Crippen LogP contribution in [0.4, 0.5) is 5.69 Å². The fraction of sp³-hybridized carbons (Fsp3) is 0.190. The van der Waals surface area contributed by atoms with Gasteiger partial charge < -0.3 is 14.5 Å². The molecule has 2 heterocycles. The van der Waals surface area contributed by atoms with Crippen LogP contribution in [0.2, 0.25) is 5.02 Å². The normalized spacial score (nSPS) is 15.7. The molecule has 1 amide bonds. The molecule has 1 unspecified atom stereocenters. The van der Waals surface area contributed by atoms with E-state index < -0.39 is 23.6 Å². The molecule has 1 aromatic heterocycles. The number of thioether (sulfide) groups is 1. The summed E-state index contributed by atoms with van der Waals surface area (Å²) < 4.78 is 10.7. The average Bonchev–Trinajstić information content (AvgIpc) is 3.04. The van der Waals surface area contributed by atoms with E-state index in [1.54, 1.807) is 31.2 Å². The molecule has 1 aliphatic heterocycles. The van der Waals surface area contributed by atoms with Crippen molar-refractivity contribution in [3.63, 3.8) is 0 Å². The summed E-state index contributed by atoms with van der Waals surface area (Å²) in [6, 6.07) is 12.5. The van der Waals surface area contributed by atoms with E-state index in [0.29, 0.717) is 21.9 Å². The number of carbonyl (C=O) groups is 3. The highest BCUT2D eigenvalue weighted by Gasteiger charge is 2.30. The Morgan fingerprint density at radius 3 is 2.83 bits per heavy atom. The maximum atomic E-state index is 12.4. The predicted molar refractivity (Wildman–Crippen MR) is 111 cm³/mol. The van der Waals surface area contributed by atoms with Gasteiger partial charge in [0.15, 0.2) is 12.4 Å². The van der Waals surface area contributed by atoms with E-state index in [2.05, 4.69) is 5.32 Å². The molecule has 0 aliphatic carbocycles. The number of para-hydroxylation sites is 1. The van der Waals surface area contributed by atoms with Crippen molar-refractivity contribution in [1.82, 2.24) is 0 Å². The van der Waals surface area contributed by atoms with Gasteiger partial charge in [0.2, 0.25) is 11.7 Å². The second kappa shape index (κ2) is 7.93. The van der Waals surface area contributed by atoms with Crippen LogP contribution in [0.3, 0.4) is 0 Å². The summed E-state index contributed by atoms with van der Waals surface area (Å²) in [6.07, 6.45) is -0.148. The first-order chi connectivity index (χ1) is 13.9. The average molecular weight is 430 g/mol. The van der Waals surface area contributed by atoms with Crippen LogP contribution in [0.5, 0.6) is 0 Å². The standard InChI is InChI=1S/C21H16ClNO5S/c1-11-13-4-2-3-5-16(13)28-20(11)15(24)10-27-19(25)9-18-21(26)23-14-8-12(22)6-7-17(14)29-18/h2-8,18H,9-10H2,1H3,(H,23,26). The Morgan fingerprint density at radius 2 is 2.03 bits per heavy atom. The van der Waals surface area contributed by atoms with E-state index in [-0.39, 0.29) is 18.1 Å². The lowest BCUT2D eigenvalue weighted by Gasteiger charge is -2.23. The van der Waals surface area contributed by atoms with Crippen molar-refractivity contribution in [2.75, 3.05) is 11.9 Å². The predicted octanol–water partition coefficient (Wildman–Crippen LogP) is 4.62. The molecular weight excluding hydrogens is 414 g/mol. The Balaban J connectivity index is 1.37. The Bertz CT molecular complexity index is 1140. The SMILES string of the molecule is Cc1c(C(=O)COC(=O)CC2Sc3ccc(Cl)cc3NC2=O)oc2ccccc12. The topological polar surface area (TPSA) is 85.6 Å². The highest BCUT2D eigenvalue weighted by Crippen LogP contribution is 2.38. The number of nitrogens with one attached hydrogen (secondary N) is 1. The number of hydrogen-bond acceptors (Lipinski definition) is 6. The molecule has 0 bridgehead atoms. The number of ketones is 1. The summed E-state index contributed by atoms with van der Waals surface area (Å²) in [7, 11) is 0. The second-order valence-electron chi connectivity index (χ2n) is 6.58. The van der Waals surface area contributed by atoms with Crippen LogP contribution in [0.1, 0.15) is 22.5 Å². The van der Waals surface area contributed by atoms with Gasteiger partial charge in [-0.05, 0) is 31.2 Å². The van der Waals surface area contributed by atoms with Gasteiger partial charge >= 0.3 is 5.97 Å². The third kappa shape index (κ3) is 4.02. The van der Waals surface area contributed by atoms with Crippen LogP contribution >= 0.6 is 23.4 Å². The molecule has 2 aromatic carbocycles. The van der Waals surface area contributed by atoms with Crippen LogP contribution in [0.25, 0.3) is 11.0 Å². The van der Waals surface area contributed by atoms with Gasteiger partial charge in [-0.3, -0.25) is 14.4 Å². The molecule has 1 atom stereocenters. The van der Waals surface area contributed by atoms with Crippen molar-refractivity contribution in [1.29, 1.82) is 0 Å². The smallest absolute Gasteiger partial charge is 0.307 e. The number of hydrogen-bond donors (Lipinski definition) is 1. The maximum Gasteiger partial charge on any atom is 0.307 e. The van der Waals surface area contributed by atoms with Crippen molar-refractivity contribution >= 4 is 57.7 Å². The highest BCUT2D eigenvalue weighted by atomic mass is 35.5. The molecule has 0 spiro atoms. The zero-order chi connectivity index (χ0) is 20.5. The van der Waals surface area contributed by atoms with E-state index >= 15 is 0 Å². The van der Waals surface area contributed by atoms with Gasteiger partial charge in [-0.2, -0.15) is 0 Å². The number of anilines is 1. The molecule has 1 aliphatic rings. The van der Waals surface area contributed by atoms with E-state index in [0.717, 1.165) is 10.3 Å². The van der Waals surface area contributed by atoms with E-state index in [4.69, 9.17) is 20.8 Å². The quantitative estimate of drug-likeness (QED) is 0.470. The molecule has 6 nitrogen and oxygen atoms in total. The number of carbonyl (C=O) groups excluding carboxylic acids is 3. The molecule has 3 aromatic rings. The minimum Gasteiger partial charge on any atom is -0.457 e. The van der Waals surface area contributed by atoms with Crippen LogP contribution in [-0.2, 0) is 14.3 Å². The maximum absolute atomic E-state index is 12.4. The van der Waals surface area contributed by atoms with Gasteiger partial charge in [-0.25, -0.2) is 0 Å². The van der Waals surface area contributed by atoms with Crippen LogP contribution < -0.4 is 5.32 Å². The van der Waals surface area contributed by atoms with Crippen molar-refractivity contribution < 1.29 is 23.5 Å². The van der Waals surface area contributed by atoms with Gasteiger partial charge in [0.25, 0.3) is 0 Å². The Labute approximate surface area is 175 Å². The number of furan rings is 1. The minimum absolute atomic E-state index is 0.148. The molecule has 0 saturated heterocycles. The largest absolute Gasteiger partial charge is 0.457 e. The summed E-state index contributed by atoms with van der Waals surface area (Å²) in [6.45, 7) is 1.35. The number of halogens is 1. The summed E-state index contributed by atoms with van der Waals surface area (Å²) in [5, 5.41) is 3.46. The zero-order valence-corrected chi connectivity index (χ0v) is 16.9. The highest BCUT2D eigenvalue weighted by molar-refractivity contribution is 8.01. The van der Waals surface area contributed by atoms with Crippen molar-refractivity contribution in [3.05, 3.63) is 58.8 Å². The summed E-state index contributed by atoms with van der Waals surface area (Å²) >= 11 is 7.19. The van der Waals surface area contributed by atoms with E-state index in [9.17, 15) is 14.4 Å². The molecular formula is C21H16ClNO5S. The number of benzene rings is 2. The van der Waals surface area contributed by atoms with E-state index in [1.807, 2.05) is 18.2 Å². The van der Waals surface area contributed by atoms with Crippen molar-refractivity contribution in [3.8, 4) is 0 Å². The lowest BCUT2D eigenvalue weighted by Crippen LogP contribution is -2.31. The van der Waals surface area contributed by atoms with Gasteiger partial charge in [0.05, 0.1) is 17.4 Å². The lowest BCUT2D eigenvalue weighted by molar-refractivity contribution is -0.143.